The van der Waals surface area contributed by atoms with Crippen LogP contribution < -0.4 is 14.4 Å². The lowest BCUT2D eigenvalue weighted by Crippen LogP contribution is -2.42. The van der Waals surface area contributed by atoms with Crippen molar-refractivity contribution in [1.82, 2.24) is 15.0 Å². The molecule has 188 valence electrons. The van der Waals surface area contributed by atoms with Gasteiger partial charge in [-0.3, -0.25) is 9.59 Å². The number of benzene rings is 2. The minimum atomic E-state index is -0.307. The molecule has 0 radical (unpaired) electrons. The number of amides is 2. The molecule has 3 aromatic rings. The highest BCUT2D eigenvalue weighted by Crippen LogP contribution is 2.34. The predicted molar refractivity (Wildman–Crippen MR) is 133 cm³/mol. The monoisotopic (exact) mass is 490 g/mol. The Hall–Kier alpha value is -3.88. The fourth-order valence-corrected chi connectivity index (χ4v) is 4.94. The molecular formula is C27H30N4O5. The van der Waals surface area contributed by atoms with Gasteiger partial charge in [-0.25, -0.2) is 0 Å². The van der Waals surface area contributed by atoms with Gasteiger partial charge in [0, 0.05) is 43.2 Å². The zero-order chi connectivity index (χ0) is 25.1. The largest absolute Gasteiger partial charge is 0.493 e. The molecule has 2 fully saturated rings. The minimum absolute atomic E-state index is 0.00116. The van der Waals surface area contributed by atoms with Gasteiger partial charge in [0.25, 0.3) is 0 Å². The Morgan fingerprint density at radius 3 is 2.61 bits per heavy atom. The van der Waals surface area contributed by atoms with Crippen molar-refractivity contribution in [2.45, 2.75) is 32.1 Å². The van der Waals surface area contributed by atoms with Gasteiger partial charge in [-0.15, -0.1) is 0 Å². The van der Waals surface area contributed by atoms with E-state index in [0.717, 1.165) is 24.1 Å². The van der Waals surface area contributed by atoms with Gasteiger partial charge in [0.15, 0.2) is 11.5 Å². The Labute approximate surface area is 210 Å². The number of piperidine rings is 1. The van der Waals surface area contributed by atoms with Gasteiger partial charge in [-0.1, -0.05) is 23.4 Å². The molecule has 0 spiro atoms. The molecule has 0 N–H and O–H groups in total. The van der Waals surface area contributed by atoms with E-state index >= 15 is 0 Å². The summed E-state index contributed by atoms with van der Waals surface area (Å²) in [5.74, 6) is 2.19. The van der Waals surface area contributed by atoms with Crippen LogP contribution in [-0.2, 0) is 9.59 Å². The van der Waals surface area contributed by atoms with Crippen LogP contribution in [0.2, 0.25) is 0 Å². The van der Waals surface area contributed by atoms with E-state index in [0.29, 0.717) is 49.5 Å². The highest BCUT2D eigenvalue weighted by Gasteiger charge is 2.38. The summed E-state index contributed by atoms with van der Waals surface area (Å²) in [4.78, 5) is 33.9. The Balaban J connectivity index is 1.19. The van der Waals surface area contributed by atoms with Crippen LogP contribution in [0.4, 0.5) is 5.69 Å². The topological polar surface area (TPSA) is 98.0 Å². The van der Waals surface area contributed by atoms with Crippen molar-refractivity contribution in [3.8, 4) is 22.9 Å². The van der Waals surface area contributed by atoms with E-state index < -0.39 is 0 Å². The third-order valence-corrected chi connectivity index (χ3v) is 6.86. The van der Waals surface area contributed by atoms with E-state index in [2.05, 4.69) is 10.1 Å². The van der Waals surface area contributed by atoms with Crippen LogP contribution in [0.3, 0.4) is 0 Å². The van der Waals surface area contributed by atoms with Crippen molar-refractivity contribution in [1.29, 1.82) is 0 Å². The number of methoxy groups -OCH3 is 1. The van der Waals surface area contributed by atoms with Gasteiger partial charge in [0.2, 0.25) is 23.5 Å². The molecular weight excluding hydrogens is 460 g/mol. The fraction of sp³-hybridized carbons (Fsp3) is 0.407. The summed E-state index contributed by atoms with van der Waals surface area (Å²) >= 11 is 0. The first kappa shape index (κ1) is 23.8. The van der Waals surface area contributed by atoms with E-state index in [1.807, 2.05) is 60.4 Å². The van der Waals surface area contributed by atoms with Crippen LogP contribution in [-0.4, -0.2) is 60.2 Å². The molecule has 2 aliphatic heterocycles. The summed E-state index contributed by atoms with van der Waals surface area (Å²) in [6.07, 6.45) is 1.73. The molecule has 36 heavy (non-hydrogen) atoms. The van der Waals surface area contributed by atoms with Crippen LogP contribution in [0.5, 0.6) is 11.5 Å². The molecule has 1 atom stereocenters. The number of carbonyl (C=O) groups excluding carboxylic acids is 2. The quantitative estimate of drug-likeness (QED) is 0.495. The van der Waals surface area contributed by atoms with Gasteiger partial charge in [-0.05, 0) is 50.1 Å². The molecule has 0 aliphatic carbocycles. The molecule has 1 unspecified atom stereocenters. The van der Waals surface area contributed by atoms with Crippen LogP contribution in [0.25, 0.3) is 11.4 Å². The van der Waals surface area contributed by atoms with Crippen molar-refractivity contribution < 1.29 is 23.6 Å². The molecule has 9 heteroatoms. The maximum Gasteiger partial charge on any atom is 0.230 e. The number of hydrogen-bond donors (Lipinski definition) is 0. The van der Waals surface area contributed by atoms with Gasteiger partial charge in [-0.2, -0.15) is 4.98 Å². The third-order valence-electron chi connectivity index (χ3n) is 6.86. The lowest BCUT2D eigenvalue weighted by atomic mass is 9.95. The number of carbonyl (C=O) groups is 2. The van der Waals surface area contributed by atoms with E-state index in [9.17, 15) is 9.59 Å². The van der Waals surface area contributed by atoms with Crippen molar-refractivity contribution >= 4 is 17.5 Å². The molecule has 2 aromatic carbocycles. The first-order chi connectivity index (χ1) is 17.6. The Morgan fingerprint density at radius 2 is 1.89 bits per heavy atom. The fourth-order valence-electron chi connectivity index (χ4n) is 4.94. The van der Waals surface area contributed by atoms with E-state index in [1.54, 1.807) is 12.0 Å². The maximum atomic E-state index is 13.2. The summed E-state index contributed by atoms with van der Waals surface area (Å²) in [5.41, 5.74) is 1.63. The number of likely N-dealkylation sites (tertiary alicyclic amines) is 1. The number of nitrogens with zero attached hydrogens (tertiary/aromatic N) is 4. The Bertz CT molecular complexity index is 1220. The van der Waals surface area contributed by atoms with Crippen molar-refractivity contribution in [2.75, 3.05) is 38.3 Å². The first-order valence-electron chi connectivity index (χ1n) is 12.4. The summed E-state index contributed by atoms with van der Waals surface area (Å²) < 4.78 is 16.6. The molecule has 5 rings (SSSR count). The third kappa shape index (κ3) is 4.78. The van der Waals surface area contributed by atoms with Crippen LogP contribution >= 0.6 is 0 Å². The number of anilines is 1. The standard InChI is InChI=1S/C27H30N4O5/c1-3-35-22-10-9-19(15-23(22)34-2)25-28-26(36-29-25)18-11-13-30(14-12-18)27(33)20-16-24(32)31(17-20)21-7-5-4-6-8-21/h4-10,15,18,20H,3,11-14,16-17H2,1-2H3. The average Bonchev–Trinajstić information content (AvgIpc) is 3.57. The van der Waals surface area contributed by atoms with Crippen molar-refractivity contribution in [3.05, 3.63) is 54.4 Å². The maximum absolute atomic E-state index is 13.2. The second-order valence-corrected chi connectivity index (χ2v) is 9.10. The average molecular weight is 491 g/mol. The Morgan fingerprint density at radius 1 is 1.11 bits per heavy atom. The second-order valence-electron chi connectivity index (χ2n) is 9.10. The Kier molecular flexibility index (Phi) is 6.88. The number of hydrogen-bond acceptors (Lipinski definition) is 7. The number of para-hydroxylation sites is 1. The normalized spacial score (nSPS) is 18.5. The number of aromatic nitrogens is 2. The molecule has 2 amide bonds. The summed E-state index contributed by atoms with van der Waals surface area (Å²) in [7, 11) is 1.60. The molecule has 3 heterocycles. The van der Waals surface area contributed by atoms with Crippen molar-refractivity contribution in [2.24, 2.45) is 5.92 Å². The van der Waals surface area contributed by atoms with Gasteiger partial charge in [0.05, 0.1) is 19.6 Å². The summed E-state index contributed by atoms with van der Waals surface area (Å²) in [5, 5.41) is 4.17. The van der Waals surface area contributed by atoms with Crippen LogP contribution in [0, 0.1) is 5.92 Å². The van der Waals surface area contributed by atoms with Crippen LogP contribution in [0.15, 0.2) is 53.1 Å². The van der Waals surface area contributed by atoms with E-state index in [1.165, 1.54) is 0 Å². The lowest BCUT2D eigenvalue weighted by molar-refractivity contribution is -0.136. The smallest absolute Gasteiger partial charge is 0.230 e. The highest BCUT2D eigenvalue weighted by atomic mass is 16.5. The van der Waals surface area contributed by atoms with E-state index in [-0.39, 0.29) is 30.1 Å². The SMILES string of the molecule is CCOc1ccc(-c2noc(C3CCN(C(=O)C4CC(=O)N(c5ccccc5)C4)CC3)n2)cc1OC. The van der Waals surface area contributed by atoms with Crippen molar-refractivity contribution in [3.63, 3.8) is 0 Å². The summed E-state index contributed by atoms with van der Waals surface area (Å²) in [6.45, 7) is 4.11. The summed E-state index contributed by atoms with van der Waals surface area (Å²) in [6, 6.07) is 15.1. The molecule has 2 saturated heterocycles. The zero-order valence-corrected chi connectivity index (χ0v) is 20.6. The van der Waals surface area contributed by atoms with E-state index in [4.69, 9.17) is 14.0 Å². The minimum Gasteiger partial charge on any atom is -0.493 e. The second kappa shape index (κ2) is 10.4. The van der Waals surface area contributed by atoms with Gasteiger partial charge in [0.1, 0.15) is 0 Å². The van der Waals surface area contributed by atoms with Gasteiger partial charge >= 0.3 is 0 Å². The molecule has 2 aliphatic rings. The number of rotatable bonds is 7. The van der Waals surface area contributed by atoms with Crippen LogP contribution in [0.1, 0.15) is 38.0 Å². The lowest BCUT2D eigenvalue weighted by Gasteiger charge is -2.32. The first-order valence-corrected chi connectivity index (χ1v) is 12.4. The molecule has 9 nitrogen and oxygen atoms in total. The van der Waals surface area contributed by atoms with Gasteiger partial charge < -0.3 is 23.8 Å². The molecule has 0 bridgehead atoms. The predicted octanol–water partition coefficient (Wildman–Crippen LogP) is 3.90. The number of ether oxygens (including phenoxy) is 2. The highest BCUT2D eigenvalue weighted by molar-refractivity contribution is 6.00. The molecule has 0 saturated carbocycles. The molecule has 1 aromatic heterocycles. The zero-order valence-electron chi connectivity index (χ0n) is 20.6.